The number of ketones is 1. The van der Waals surface area contributed by atoms with Gasteiger partial charge in [-0.2, -0.15) is 0 Å². The third kappa shape index (κ3) is 4.87. The molecular weight excluding hydrogens is 462 g/mol. The molecule has 0 aromatic heterocycles. The van der Waals surface area contributed by atoms with Gasteiger partial charge in [0.2, 0.25) is 0 Å². The average molecular weight is 491 g/mol. The maximum absolute atomic E-state index is 14.1. The fourth-order valence-corrected chi connectivity index (χ4v) is 4.60. The van der Waals surface area contributed by atoms with Crippen molar-refractivity contribution in [2.45, 2.75) is 32.7 Å². The van der Waals surface area contributed by atoms with Gasteiger partial charge in [-0.3, -0.25) is 14.5 Å². The van der Waals surface area contributed by atoms with Crippen LogP contribution in [0.2, 0.25) is 0 Å². The van der Waals surface area contributed by atoms with Crippen LogP contribution in [0.5, 0.6) is 0 Å². The largest absolute Gasteiger partial charge is 0.503 e. The molecule has 1 amide bonds. The monoisotopic (exact) mass is 490 g/mol. The lowest BCUT2D eigenvalue weighted by Gasteiger charge is -2.28. The minimum Gasteiger partial charge on any atom is -0.503 e. The molecule has 1 N–H and O–H groups in total. The molecule has 7 heteroatoms. The first-order valence-corrected chi connectivity index (χ1v) is 12.0. The number of hydrogen-bond donors (Lipinski definition) is 1. The summed E-state index contributed by atoms with van der Waals surface area (Å²) in [6.45, 7) is 5.70. The molecule has 0 saturated carbocycles. The van der Waals surface area contributed by atoms with Crippen molar-refractivity contribution in [3.63, 3.8) is 0 Å². The number of aryl methyl sites for hydroxylation is 1. The SMILES string of the molecule is CCN(CC)c1ccc(C2C(C(=O)CCc3ccccc3)=C(O)C(=O)N2c2ccc(F)c(F)c2)cc1. The molecule has 0 aliphatic carbocycles. The Morgan fingerprint density at radius 1 is 0.944 bits per heavy atom. The molecule has 1 aliphatic heterocycles. The van der Waals surface area contributed by atoms with E-state index < -0.39 is 29.3 Å². The summed E-state index contributed by atoms with van der Waals surface area (Å²) in [6.07, 6.45) is 0.514. The van der Waals surface area contributed by atoms with E-state index in [0.29, 0.717) is 12.0 Å². The highest BCUT2D eigenvalue weighted by atomic mass is 19.2. The molecule has 3 aromatic carbocycles. The lowest BCUT2D eigenvalue weighted by atomic mass is 9.93. The molecule has 1 heterocycles. The summed E-state index contributed by atoms with van der Waals surface area (Å²) < 4.78 is 27.7. The predicted molar refractivity (Wildman–Crippen MR) is 136 cm³/mol. The van der Waals surface area contributed by atoms with Gasteiger partial charge >= 0.3 is 0 Å². The van der Waals surface area contributed by atoms with E-state index in [0.717, 1.165) is 41.4 Å². The Labute approximate surface area is 209 Å². The van der Waals surface area contributed by atoms with Crippen molar-refractivity contribution in [2.24, 2.45) is 0 Å². The highest BCUT2D eigenvalue weighted by Gasteiger charge is 2.44. The van der Waals surface area contributed by atoms with Crippen LogP contribution in [0.1, 0.15) is 37.4 Å². The van der Waals surface area contributed by atoms with Crippen LogP contribution in [-0.2, 0) is 16.0 Å². The van der Waals surface area contributed by atoms with Gasteiger partial charge in [0.15, 0.2) is 23.2 Å². The summed E-state index contributed by atoms with van der Waals surface area (Å²) in [7, 11) is 0. The fourth-order valence-electron chi connectivity index (χ4n) is 4.60. The lowest BCUT2D eigenvalue weighted by molar-refractivity contribution is -0.118. The van der Waals surface area contributed by atoms with Gasteiger partial charge in [-0.15, -0.1) is 0 Å². The van der Waals surface area contributed by atoms with Gasteiger partial charge in [0.1, 0.15) is 0 Å². The number of halogens is 2. The number of aliphatic hydroxyl groups is 1. The number of carbonyl (C=O) groups excluding carboxylic acids is 2. The van der Waals surface area contributed by atoms with E-state index in [4.69, 9.17) is 0 Å². The van der Waals surface area contributed by atoms with E-state index in [2.05, 4.69) is 4.90 Å². The van der Waals surface area contributed by atoms with Crippen molar-refractivity contribution in [2.75, 3.05) is 22.9 Å². The molecule has 0 radical (unpaired) electrons. The van der Waals surface area contributed by atoms with Crippen LogP contribution in [0.25, 0.3) is 0 Å². The molecule has 4 rings (SSSR count). The summed E-state index contributed by atoms with van der Waals surface area (Å²) in [5.74, 6) is -4.06. The molecule has 1 unspecified atom stereocenters. The Balaban J connectivity index is 1.74. The van der Waals surface area contributed by atoms with E-state index in [1.54, 1.807) is 12.1 Å². The van der Waals surface area contributed by atoms with Crippen molar-refractivity contribution in [1.29, 1.82) is 0 Å². The smallest absolute Gasteiger partial charge is 0.294 e. The van der Waals surface area contributed by atoms with Crippen LogP contribution >= 0.6 is 0 Å². The zero-order valence-electron chi connectivity index (χ0n) is 20.2. The molecule has 186 valence electrons. The van der Waals surface area contributed by atoms with Gasteiger partial charge in [0, 0.05) is 37.0 Å². The minimum atomic E-state index is -1.13. The van der Waals surface area contributed by atoms with Crippen molar-refractivity contribution in [3.8, 4) is 0 Å². The third-order valence-corrected chi connectivity index (χ3v) is 6.51. The van der Waals surface area contributed by atoms with Crippen molar-refractivity contribution >= 4 is 23.1 Å². The maximum Gasteiger partial charge on any atom is 0.294 e. The lowest BCUT2D eigenvalue weighted by Crippen LogP contribution is -2.31. The molecule has 0 saturated heterocycles. The number of aliphatic hydroxyl groups excluding tert-OH is 1. The van der Waals surface area contributed by atoms with Crippen LogP contribution in [0.4, 0.5) is 20.2 Å². The second kappa shape index (κ2) is 10.7. The minimum absolute atomic E-state index is 0.0451. The second-order valence-electron chi connectivity index (χ2n) is 8.61. The van der Waals surface area contributed by atoms with Gasteiger partial charge in [0.05, 0.1) is 11.6 Å². The summed E-state index contributed by atoms with van der Waals surface area (Å²) in [6, 6.07) is 18.9. The van der Waals surface area contributed by atoms with E-state index >= 15 is 0 Å². The Bertz CT molecular complexity index is 1290. The molecule has 5 nitrogen and oxygen atoms in total. The van der Waals surface area contributed by atoms with Crippen LogP contribution < -0.4 is 9.80 Å². The van der Waals surface area contributed by atoms with Gasteiger partial charge in [0.25, 0.3) is 5.91 Å². The summed E-state index contributed by atoms with van der Waals surface area (Å²) in [5.41, 5.74) is 2.51. The topological polar surface area (TPSA) is 60.9 Å². The summed E-state index contributed by atoms with van der Waals surface area (Å²) in [4.78, 5) is 29.9. The molecule has 1 atom stereocenters. The predicted octanol–water partition coefficient (Wildman–Crippen LogP) is 5.91. The van der Waals surface area contributed by atoms with Crippen molar-refractivity contribution < 1.29 is 23.5 Å². The first kappa shape index (κ1) is 25.1. The highest BCUT2D eigenvalue weighted by molar-refractivity contribution is 6.16. The van der Waals surface area contributed by atoms with Crippen LogP contribution in [0, 0.1) is 11.6 Å². The Hall–Kier alpha value is -4.00. The number of Topliss-reactive ketones (excluding diaryl/α,β-unsaturated/α-hetero) is 1. The van der Waals surface area contributed by atoms with Crippen molar-refractivity contribution in [3.05, 3.63) is 107 Å². The van der Waals surface area contributed by atoms with Gasteiger partial charge in [-0.1, -0.05) is 42.5 Å². The first-order chi connectivity index (χ1) is 17.3. The standard InChI is InChI=1S/C29H28F2N2O3/c1-3-32(4-2)21-13-11-20(12-14-21)27-26(25(34)17-10-19-8-6-5-7-9-19)28(35)29(36)33(27)22-15-16-23(30)24(31)18-22/h5-9,11-16,18,27,35H,3-4,10,17H2,1-2H3. The van der Waals surface area contributed by atoms with E-state index in [-0.39, 0.29) is 23.5 Å². The molecule has 3 aromatic rings. The Morgan fingerprint density at radius 2 is 1.61 bits per heavy atom. The number of benzene rings is 3. The summed E-state index contributed by atoms with van der Waals surface area (Å²) >= 11 is 0. The Kier molecular flexibility index (Phi) is 7.48. The number of anilines is 2. The number of nitrogens with zero attached hydrogens (tertiary/aromatic N) is 2. The number of carbonyl (C=O) groups is 2. The van der Waals surface area contributed by atoms with Crippen LogP contribution in [-0.4, -0.2) is 29.9 Å². The first-order valence-electron chi connectivity index (χ1n) is 12.0. The highest BCUT2D eigenvalue weighted by Crippen LogP contribution is 2.42. The van der Waals surface area contributed by atoms with E-state index in [9.17, 15) is 23.5 Å². The zero-order chi connectivity index (χ0) is 25.8. The number of amides is 1. The van der Waals surface area contributed by atoms with Crippen molar-refractivity contribution in [1.82, 2.24) is 0 Å². The number of hydrogen-bond acceptors (Lipinski definition) is 4. The zero-order valence-corrected chi connectivity index (χ0v) is 20.2. The normalized spacial score (nSPS) is 15.5. The van der Waals surface area contributed by atoms with Crippen LogP contribution in [0.15, 0.2) is 84.1 Å². The fraction of sp³-hybridized carbons (Fsp3) is 0.241. The Morgan fingerprint density at radius 3 is 2.22 bits per heavy atom. The van der Waals surface area contributed by atoms with Gasteiger partial charge in [-0.05, 0) is 55.7 Å². The van der Waals surface area contributed by atoms with E-state index in [1.165, 1.54) is 6.07 Å². The second-order valence-corrected chi connectivity index (χ2v) is 8.61. The summed E-state index contributed by atoms with van der Waals surface area (Å²) in [5, 5.41) is 10.8. The number of rotatable bonds is 9. The molecule has 0 fully saturated rings. The molecular formula is C29H28F2N2O3. The van der Waals surface area contributed by atoms with E-state index in [1.807, 2.05) is 56.3 Å². The molecule has 1 aliphatic rings. The van der Waals surface area contributed by atoms with Gasteiger partial charge in [-0.25, -0.2) is 8.78 Å². The van der Waals surface area contributed by atoms with Gasteiger partial charge < -0.3 is 10.0 Å². The molecule has 0 bridgehead atoms. The molecule has 0 spiro atoms. The quantitative estimate of drug-likeness (QED) is 0.405. The van der Waals surface area contributed by atoms with Crippen LogP contribution in [0.3, 0.4) is 0 Å². The third-order valence-electron chi connectivity index (χ3n) is 6.51. The molecule has 36 heavy (non-hydrogen) atoms. The maximum atomic E-state index is 14.1. The average Bonchev–Trinajstić information content (AvgIpc) is 3.16.